The van der Waals surface area contributed by atoms with E-state index in [2.05, 4.69) is 19.2 Å². The molecule has 0 heterocycles. The Morgan fingerprint density at radius 2 is 0.778 bits per heavy atom. The molecule has 0 unspecified atom stereocenters. The van der Waals surface area contributed by atoms with Gasteiger partial charge in [-0.3, -0.25) is 0 Å². The lowest BCUT2D eigenvalue weighted by Gasteiger charge is -2.05. The molecule has 0 spiro atoms. The van der Waals surface area contributed by atoms with Crippen LogP contribution in [-0.2, 0) is 0 Å². The highest BCUT2D eigenvalue weighted by Gasteiger charge is 1.92. The Morgan fingerprint density at radius 3 is 1.17 bits per heavy atom. The lowest BCUT2D eigenvalue weighted by molar-refractivity contribution is 0.539. The number of hydrogen-bond donors (Lipinski definition) is 1. The van der Waals surface area contributed by atoms with Crippen LogP contribution in [0.1, 0.15) is 97.3 Å². The molecular weight excluding hydrogens is 218 g/mol. The fourth-order valence-corrected chi connectivity index (χ4v) is 2.36. The molecule has 110 valence electrons. The second-order valence-electron chi connectivity index (χ2n) is 5.64. The van der Waals surface area contributed by atoms with Gasteiger partial charge in [-0.15, -0.1) is 0 Å². The van der Waals surface area contributed by atoms with Crippen LogP contribution in [0.15, 0.2) is 0 Å². The van der Waals surface area contributed by atoms with Gasteiger partial charge in [0.05, 0.1) is 0 Å². The molecule has 0 radical (unpaired) electrons. The highest BCUT2D eigenvalue weighted by atomic mass is 14.8. The van der Waals surface area contributed by atoms with E-state index in [-0.39, 0.29) is 0 Å². The van der Waals surface area contributed by atoms with Crippen molar-refractivity contribution in [3.63, 3.8) is 0 Å². The SMILES string of the molecule is CCCCCCCCCCNCCCCCCC. The first kappa shape index (κ1) is 18.0. The first-order valence-electron chi connectivity index (χ1n) is 8.62. The maximum atomic E-state index is 3.57. The number of unbranched alkanes of at least 4 members (excludes halogenated alkanes) is 11. The summed E-state index contributed by atoms with van der Waals surface area (Å²) < 4.78 is 0. The molecule has 0 amide bonds. The van der Waals surface area contributed by atoms with Gasteiger partial charge >= 0.3 is 0 Å². The zero-order valence-corrected chi connectivity index (χ0v) is 13.1. The Morgan fingerprint density at radius 1 is 0.444 bits per heavy atom. The molecule has 0 aliphatic heterocycles. The number of rotatable bonds is 15. The molecule has 0 fully saturated rings. The molecule has 18 heavy (non-hydrogen) atoms. The maximum Gasteiger partial charge on any atom is -0.00489 e. The Kier molecular flexibility index (Phi) is 16.9. The van der Waals surface area contributed by atoms with Crippen LogP contribution < -0.4 is 5.32 Å². The molecule has 0 bridgehead atoms. The molecule has 1 nitrogen and oxygen atoms in total. The molecule has 0 atom stereocenters. The summed E-state index contributed by atoms with van der Waals surface area (Å²) in [5.41, 5.74) is 0. The molecule has 0 saturated heterocycles. The summed E-state index contributed by atoms with van der Waals surface area (Å²) in [4.78, 5) is 0. The molecule has 1 heteroatoms. The van der Waals surface area contributed by atoms with Gasteiger partial charge in [-0.05, 0) is 25.9 Å². The summed E-state index contributed by atoms with van der Waals surface area (Å²) in [6.45, 7) is 7.04. The van der Waals surface area contributed by atoms with Gasteiger partial charge in [0.1, 0.15) is 0 Å². The van der Waals surface area contributed by atoms with E-state index < -0.39 is 0 Å². The third-order valence-electron chi connectivity index (χ3n) is 3.66. The van der Waals surface area contributed by atoms with Crippen molar-refractivity contribution < 1.29 is 0 Å². The number of hydrogen-bond acceptors (Lipinski definition) is 1. The van der Waals surface area contributed by atoms with Crippen molar-refractivity contribution in [1.82, 2.24) is 5.32 Å². The van der Waals surface area contributed by atoms with Crippen LogP contribution in [0.2, 0.25) is 0 Å². The summed E-state index contributed by atoms with van der Waals surface area (Å²) in [5, 5.41) is 3.57. The lowest BCUT2D eigenvalue weighted by atomic mass is 10.1. The molecule has 0 saturated carbocycles. The Hall–Kier alpha value is -0.0400. The van der Waals surface area contributed by atoms with Gasteiger partial charge in [0.25, 0.3) is 0 Å². The molecule has 0 aliphatic rings. The van der Waals surface area contributed by atoms with Gasteiger partial charge < -0.3 is 5.32 Å². The Balaban J connectivity index is 2.86. The summed E-state index contributed by atoms with van der Waals surface area (Å²) in [6, 6.07) is 0. The second kappa shape index (κ2) is 17.0. The minimum absolute atomic E-state index is 1.24. The maximum absolute atomic E-state index is 3.57. The highest BCUT2D eigenvalue weighted by molar-refractivity contribution is 4.51. The van der Waals surface area contributed by atoms with Crippen molar-refractivity contribution >= 4 is 0 Å². The smallest absolute Gasteiger partial charge is 0.00489 e. The second-order valence-corrected chi connectivity index (χ2v) is 5.64. The third-order valence-corrected chi connectivity index (χ3v) is 3.66. The quantitative estimate of drug-likeness (QED) is 0.371. The predicted molar refractivity (Wildman–Crippen MR) is 84.2 cm³/mol. The van der Waals surface area contributed by atoms with Crippen LogP contribution in [0, 0.1) is 0 Å². The van der Waals surface area contributed by atoms with E-state index in [0.29, 0.717) is 0 Å². The van der Waals surface area contributed by atoms with Crippen LogP contribution >= 0.6 is 0 Å². The Bertz CT molecular complexity index is 118. The topological polar surface area (TPSA) is 12.0 Å². The van der Waals surface area contributed by atoms with E-state index in [0.717, 1.165) is 0 Å². The van der Waals surface area contributed by atoms with Crippen molar-refractivity contribution in [2.24, 2.45) is 0 Å². The van der Waals surface area contributed by atoms with Gasteiger partial charge in [-0.2, -0.15) is 0 Å². The highest BCUT2D eigenvalue weighted by Crippen LogP contribution is 2.08. The van der Waals surface area contributed by atoms with Crippen molar-refractivity contribution in [3.8, 4) is 0 Å². The van der Waals surface area contributed by atoms with Crippen molar-refractivity contribution in [1.29, 1.82) is 0 Å². The summed E-state index contributed by atoms with van der Waals surface area (Å²) in [7, 11) is 0. The van der Waals surface area contributed by atoms with Gasteiger partial charge in [0.15, 0.2) is 0 Å². The summed E-state index contributed by atoms with van der Waals surface area (Å²) in [6.07, 6.45) is 18.4. The molecule has 0 aromatic carbocycles. The average molecular weight is 255 g/mol. The van der Waals surface area contributed by atoms with Crippen molar-refractivity contribution in [3.05, 3.63) is 0 Å². The predicted octanol–water partition coefficient (Wildman–Crippen LogP) is 5.69. The van der Waals surface area contributed by atoms with E-state index in [9.17, 15) is 0 Å². The number of nitrogens with one attached hydrogen (secondary N) is 1. The van der Waals surface area contributed by atoms with Gasteiger partial charge in [0, 0.05) is 0 Å². The molecular formula is C17H37N. The van der Waals surface area contributed by atoms with Crippen molar-refractivity contribution in [2.75, 3.05) is 13.1 Å². The fourth-order valence-electron chi connectivity index (χ4n) is 2.36. The van der Waals surface area contributed by atoms with Crippen LogP contribution in [-0.4, -0.2) is 13.1 Å². The first-order chi connectivity index (χ1) is 8.91. The zero-order chi connectivity index (χ0) is 13.3. The average Bonchev–Trinajstić information content (AvgIpc) is 2.39. The van der Waals surface area contributed by atoms with Crippen molar-refractivity contribution in [2.45, 2.75) is 97.3 Å². The molecule has 0 aliphatic carbocycles. The summed E-state index contributed by atoms with van der Waals surface area (Å²) in [5.74, 6) is 0. The largest absolute Gasteiger partial charge is 0.317 e. The molecule has 0 rings (SSSR count). The van der Waals surface area contributed by atoms with Crippen LogP contribution in [0.5, 0.6) is 0 Å². The summed E-state index contributed by atoms with van der Waals surface area (Å²) >= 11 is 0. The van der Waals surface area contributed by atoms with Gasteiger partial charge in [-0.25, -0.2) is 0 Å². The van der Waals surface area contributed by atoms with E-state index in [1.807, 2.05) is 0 Å². The Labute approximate surface area is 116 Å². The monoisotopic (exact) mass is 255 g/mol. The van der Waals surface area contributed by atoms with Crippen LogP contribution in [0.3, 0.4) is 0 Å². The van der Waals surface area contributed by atoms with Crippen LogP contribution in [0.4, 0.5) is 0 Å². The van der Waals surface area contributed by atoms with Crippen LogP contribution in [0.25, 0.3) is 0 Å². The van der Waals surface area contributed by atoms with E-state index in [4.69, 9.17) is 0 Å². The molecule has 1 N–H and O–H groups in total. The van der Waals surface area contributed by atoms with Gasteiger partial charge in [-0.1, -0.05) is 84.5 Å². The standard InChI is InChI=1S/C17H37N/c1-3-5-7-9-10-11-13-15-17-18-16-14-12-8-6-4-2/h18H,3-17H2,1-2H3. The lowest BCUT2D eigenvalue weighted by Crippen LogP contribution is -2.16. The normalized spacial score (nSPS) is 11.0. The fraction of sp³-hybridized carbons (Fsp3) is 1.00. The van der Waals surface area contributed by atoms with E-state index in [1.165, 1.54) is 96.6 Å². The first-order valence-corrected chi connectivity index (χ1v) is 8.62. The molecule has 0 aromatic heterocycles. The minimum Gasteiger partial charge on any atom is -0.317 e. The third kappa shape index (κ3) is 16.0. The van der Waals surface area contributed by atoms with E-state index >= 15 is 0 Å². The minimum atomic E-state index is 1.24. The van der Waals surface area contributed by atoms with Gasteiger partial charge in [0.2, 0.25) is 0 Å². The molecule has 0 aromatic rings. The zero-order valence-electron chi connectivity index (χ0n) is 13.1. The van der Waals surface area contributed by atoms with E-state index in [1.54, 1.807) is 0 Å².